The number of nitrogens with zero attached hydrogens (tertiary/aromatic N) is 1. The maximum absolute atomic E-state index is 11.9. The van der Waals surface area contributed by atoms with Crippen molar-refractivity contribution in [3.05, 3.63) is 52.5 Å². The average molecular weight is 434 g/mol. The van der Waals surface area contributed by atoms with Crippen LogP contribution in [-0.2, 0) is 9.59 Å². The predicted octanol–water partition coefficient (Wildman–Crippen LogP) is 3.34. The van der Waals surface area contributed by atoms with E-state index in [-0.39, 0.29) is 6.42 Å². The van der Waals surface area contributed by atoms with Crippen molar-refractivity contribution >= 4 is 39.6 Å². The van der Waals surface area contributed by atoms with Gasteiger partial charge in [0, 0.05) is 11.8 Å². The van der Waals surface area contributed by atoms with E-state index in [9.17, 15) is 9.59 Å². The van der Waals surface area contributed by atoms with E-state index in [1.54, 1.807) is 36.4 Å². The molecule has 0 atom stereocenters. The number of hydrazone groups is 1. The van der Waals surface area contributed by atoms with Gasteiger partial charge in [-0.15, -0.1) is 0 Å². The van der Waals surface area contributed by atoms with Crippen LogP contribution < -0.4 is 20.2 Å². The van der Waals surface area contributed by atoms with Crippen LogP contribution >= 0.6 is 15.9 Å². The smallest absolute Gasteiger partial charge is 0.249 e. The van der Waals surface area contributed by atoms with Gasteiger partial charge >= 0.3 is 0 Å². The maximum Gasteiger partial charge on any atom is 0.249 e. The molecule has 0 aromatic heterocycles. The molecule has 0 fully saturated rings. The van der Waals surface area contributed by atoms with E-state index in [4.69, 9.17) is 9.47 Å². The maximum atomic E-state index is 11.9. The van der Waals surface area contributed by atoms with Crippen molar-refractivity contribution < 1.29 is 19.1 Å². The zero-order chi connectivity index (χ0) is 19.6. The van der Waals surface area contributed by atoms with Crippen molar-refractivity contribution in [2.45, 2.75) is 13.3 Å². The van der Waals surface area contributed by atoms with Gasteiger partial charge in [0.05, 0.1) is 24.4 Å². The van der Waals surface area contributed by atoms with E-state index in [0.29, 0.717) is 18.0 Å². The van der Waals surface area contributed by atoms with Crippen LogP contribution in [0.25, 0.3) is 0 Å². The number of rotatable bonds is 8. The highest BCUT2D eigenvalue weighted by atomic mass is 79.9. The number of anilines is 1. The fourth-order valence-electron chi connectivity index (χ4n) is 2.14. The predicted molar refractivity (Wildman–Crippen MR) is 107 cm³/mol. The van der Waals surface area contributed by atoms with Gasteiger partial charge in [-0.05, 0) is 58.7 Å². The summed E-state index contributed by atoms with van der Waals surface area (Å²) < 4.78 is 11.3. The van der Waals surface area contributed by atoms with Gasteiger partial charge in [0.2, 0.25) is 11.8 Å². The second-order valence-electron chi connectivity index (χ2n) is 5.37. The Labute approximate surface area is 165 Å². The number of amides is 2. The van der Waals surface area contributed by atoms with E-state index in [0.717, 1.165) is 15.8 Å². The Morgan fingerprint density at radius 3 is 2.70 bits per heavy atom. The Balaban J connectivity index is 1.83. The Kier molecular flexibility index (Phi) is 7.81. The first-order valence-electron chi connectivity index (χ1n) is 8.20. The molecule has 27 heavy (non-hydrogen) atoms. The van der Waals surface area contributed by atoms with Crippen molar-refractivity contribution in [1.82, 2.24) is 5.43 Å². The van der Waals surface area contributed by atoms with E-state index in [1.807, 2.05) is 13.0 Å². The van der Waals surface area contributed by atoms with Crippen LogP contribution in [0.3, 0.4) is 0 Å². The summed E-state index contributed by atoms with van der Waals surface area (Å²) in [6.07, 6.45) is 1.14. The molecule has 0 radical (unpaired) electrons. The van der Waals surface area contributed by atoms with Gasteiger partial charge in [-0.25, -0.2) is 5.43 Å². The van der Waals surface area contributed by atoms with E-state index < -0.39 is 11.8 Å². The minimum absolute atomic E-state index is 0.346. The molecule has 2 aromatic carbocycles. The lowest BCUT2D eigenvalue weighted by Crippen LogP contribution is -2.24. The Morgan fingerprint density at radius 1 is 1.19 bits per heavy atom. The zero-order valence-corrected chi connectivity index (χ0v) is 16.6. The third-order valence-corrected chi connectivity index (χ3v) is 3.95. The van der Waals surface area contributed by atoms with E-state index in [1.165, 1.54) is 13.3 Å². The molecular formula is C19H20BrN3O4. The summed E-state index contributed by atoms with van der Waals surface area (Å²) in [7, 11) is 1.54. The second kappa shape index (κ2) is 10.3. The minimum Gasteiger partial charge on any atom is -0.497 e. The lowest BCUT2D eigenvalue weighted by Gasteiger charge is -2.06. The Morgan fingerprint density at radius 2 is 2.00 bits per heavy atom. The molecule has 0 spiro atoms. The molecule has 0 saturated heterocycles. The number of carbonyl (C=O) groups excluding carboxylic acids is 2. The van der Waals surface area contributed by atoms with Crippen LogP contribution in [0.1, 0.15) is 18.9 Å². The first-order valence-corrected chi connectivity index (χ1v) is 8.99. The summed E-state index contributed by atoms with van der Waals surface area (Å²) in [5, 5.41) is 6.49. The van der Waals surface area contributed by atoms with Crippen molar-refractivity contribution in [2.75, 3.05) is 19.0 Å². The molecule has 0 heterocycles. The highest BCUT2D eigenvalue weighted by Crippen LogP contribution is 2.25. The molecule has 8 heteroatoms. The van der Waals surface area contributed by atoms with Crippen molar-refractivity contribution in [3.63, 3.8) is 0 Å². The molecule has 0 aliphatic rings. The van der Waals surface area contributed by atoms with Crippen molar-refractivity contribution in [2.24, 2.45) is 5.10 Å². The van der Waals surface area contributed by atoms with E-state index >= 15 is 0 Å². The van der Waals surface area contributed by atoms with Crippen LogP contribution in [-0.4, -0.2) is 31.7 Å². The van der Waals surface area contributed by atoms with Crippen LogP contribution in [0.4, 0.5) is 5.69 Å². The largest absolute Gasteiger partial charge is 0.497 e. The lowest BCUT2D eigenvalue weighted by atomic mass is 10.2. The molecule has 0 aliphatic carbocycles. The molecule has 2 amide bonds. The van der Waals surface area contributed by atoms with Gasteiger partial charge < -0.3 is 14.8 Å². The molecule has 0 unspecified atom stereocenters. The van der Waals surface area contributed by atoms with Gasteiger partial charge in [0.1, 0.15) is 17.9 Å². The van der Waals surface area contributed by atoms with Crippen molar-refractivity contribution in [3.8, 4) is 11.5 Å². The standard InChI is InChI=1S/C19H20BrN3O4/c1-3-27-17-8-7-13(9-16(17)20)12-21-23-19(25)11-18(24)22-14-5-4-6-15(10-14)26-2/h4-10,12H,3,11H2,1-2H3,(H,22,24)(H,23,25). The van der Waals surface area contributed by atoms with Gasteiger partial charge in [-0.3, -0.25) is 9.59 Å². The molecule has 0 saturated carbocycles. The topological polar surface area (TPSA) is 89.0 Å². The van der Waals surface area contributed by atoms with Crippen LogP contribution in [0.15, 0.2) is 52.0 Å². The van der Waals surface area contributed by atoms with Crippen molar-refractivity contribution in [1.29, 1.82) is 0 Å². The van der Waals surface area contributed by atoms with Crippen LogP contribution in [0.2, 0.25) is 0 Å². The minimum atomic E-state index is -0.517. The first kappa shape index (κ1) is 20.4. The van der Waals surface area contributed by atoms with Crippen LogP contribution in [0.5, 0.6) is 11.5 Å². The lowest BCUT2D eigenvalue weighted by molar-refractivity contribution is -0.126. The number of benzene rings is 2. The van der Waals surface area contributed by atoms with Gasteiger partial charge in [0.25, 0.3) is 0 Å². The molecular weight excluding hydrogens is 414 g/mol. The zero-order valence-electron chi connectivity index (χ0n) is 15.0. The molecule has 0 bridgehead atoms. The second-order valence-corrected chi connectivity index (χ2v) is 6.23. The van der Waals surface area contributed by atoms with Gasteiger partial charge in [-0.2, -0.15) is 5.10 Å². The summed E-state index contributed by atoms with van der Waals surface area (Å²) in [6, 6.07) is 12.3. The number of ether oxygens (including phenoxy) is 2. The number of hydrogen-bond donors (Lipinski definition) is 2. The molecule has 2 aromatic rings. The van der Waals surface area contributed by atoms with Crippen LogP contribution in [0, 0.1) is 0 Å². The third-order valence-electron chi connectivity index (χ3n) is 3.33. The molecule has 2 rings (SSSR count). The van der Waals surface area contributed by atoms with Gasteiger partial charge in [-0.1, -0.05) is 6.07 Å². The molecule has 142 valence electrons. The Bertz CT molecular complexity index is 839. The summed E-state index contributed by atoms with van der Waals surface area (Å²) in [5.74, 6) is 0.382. The quantitative estimate of drug-likeness (QED) is 0.379. The average Bonchev–Trinajstić information content (AvgIpc) is 2.64. The van der Waals surface area contributed by atoms with E-state index in [2.05, 4.69) is 31.8 Å². The summed E-state index contributed by atoms with van der Waals surface area (Å²) in [4.78, 5) is 23.7. The molecule has 0 aliphatic heterocycles. The summed E-state index contributed by atoms with van der Waals surface area (Å²) >= 11 is 3.41. The number of hydrogen-bond acceptors (Lipinski definition) is 5. The molecule has 2 N–H and O–H groups in total. The Hall–Kier alpha value is -2.87. The third kappa shape index (κ3) is 6.74. The number of nitrogens with one attached hydrogen (secondary N) is 2. The number of halogens is 1. The SMILES string of the molecule is CCOc1ccc(C=NNC(=O)CC(=O)Nc2cccc(OC)c2)cc1Br. The number of carbonyl (C=O) groups is 2. The molecule has 7 nitrogen and oxygen atoms in total. The monoisotopic (exact) mass is 433 g/mol. The number of methoxy groups -OCH3 is 1. The van der Waals surface area contributed by atoms with Gasteiger partial charge in [0.15, 0.2) is 0 Å². The highest BCUT2D eigenvalue weighted by Gasteiger charge is 2.09. The summed E-state index contributed by atoms with van der Waals surface area (Å²) in [5.41, 5.74) is 3.65. The highest BCUT2D eigenvalue weighted by molar-refractivity contribution is 9.10. The fraction of sp³-hybridized carbons (Fsp3) is 0.211. The normalized spacial score (nSPS) is 10.5. The first-order chi connectivity index (χ1) is 13.0. The summed E-state index contributed by atoms with van der Waals surface area (Å²) in [6.45, 7) is 2.47. The fourth-order valence-corrected chi connectivity index (χ4v) is 2.65.